The molecule has 1 aliphatic heterocycles. The number of benzene rings is 1. The Morgan fingerprint density at radius 1 is 1.18 bits per heavy atom. The maximum atomic E-state index is 12.8. The topological polar surface area (TPSA) is 75.9 Å². The molecule has 146 valence electrons. The fourth-order valence-corrected chi connectivity index (χ4v) is 3.95. The zero-order chi connectivity index (χ0) is 19.5. The van der Waals surface area contributed by atoms with Gasteiger partial charge < -0.3 is 14.8 Å². The third kappa shape index (κ3) is 3.56. The van der Waals surface area contributed by atoms with Gasteiger partial charge in [0.15, 0.2) is 0 Å². The summed E-state index contributed by atoms with van der Waals surface area (Å²) in [6.45, 7) is 6.53. The van der Waals surface area contributed by atoms with E-state index >= 15 is 0 Å². The predicted molar refractivity (Wildman–Crippen MR) is 109 cm³/mol. The van der Waals surface area contributed by atoms with Crippen LogP contribution in [0, 0.1) is 5.92 Å². The number of aryl methyl sites for hydroxylation is 1. The lowest BCUT2D eigenvalue weighted by Gasteiger charge is -2.31. The summed E-state index contributed by atoms with van der Waals surface area (Å²) >= 11 is 0. The quantitative estimate of drug-likeness (QED) is 0.739. The van der Waals surface area contributed by atoms with E-state index in [9.17, 15) is 4.79 Å². The van der Waals surface area contributed by atoms with Crippen LogP contribution in [0.15, 0.2) is 42.7 Å². The molecule has 7 nitrogen and oxygen atoms in total. The van der Waals surface area contributed by atoms with Gasteiger partial charge in [-0.25, -0.2) is 15.0 Å². The summed E-state index contributed by atoms with van der Waals surface area (Å²) in [5.41, 5.74) is 2.08. The molecule has 1 aliphatic rings. The lowest BCUT2D eigenvalue weighted by molar-refractivity contribution is -0.126. The maximum Gasteiger partial charge on any atom is 0.225 e. The number of para-hydroxylation sites is 2. The average molecular weight is 378 g/mol. The van der Waals surface area contributed by atoms with Gasteiger partial charge in [-0.3, -0.25) is 4.79 Å². The van der Waals surface area contributed by atoms with E-state index < -0.39 is 0 Å². The Labute approximate surface area is 164 Å². The van der Waals surface area contributed by atoms with Gasteiger partial charge in [0.1, 0.15) is 5.82 Å². The first-order valence-corrected chi connectivity index (χ1v) is 9.95. The second kappa shape index (κ2) is 7.96. The second-order valence-electron chi connectivity index (χ2n) is 7.24. The van der Waals surface area contributed by atoms with E-state index in [2.05, 4.69) is 37.7 Å². The van der Waals surface area contributed by atoms with E-state index in [1.54, 1.807) is 12.4 Å². The molecule has 1 aromatic carbocycles. The van der Waals surface area contributed by atoms with Crippen LogP contribution in [0.1, 0.15) is 38.6 Å². The lowest BCUT2D eigenvalue weighted by atomic mass is 9.96. The van der Waals surface area contributed by atoms with Gasteiger partial charge >= 0.3 is 0 Å². The largest absolute Gasteiger partial charge is 0.346 e. The van der Waals surface area contributed by atoms with Crippen molar-refractivity contribution in [2.75, 3.05) is 18.0 Å². The van der Waals surface area contributed by atoms with Crippen LogP contribution >= 0.6 is 0 Å². The molecule has 1 amide bonds. The number of imidazole rings is 1. The first kappa shape index (κ1) is 18.4. The average Bonchev–Trinajstić information content (AvgIpc) is 3.13. The van der Waals surface area contributed by atoms with Crippen molar-refractivity contribution in [3.63, 3.8) is 0 Å². The van der Waals surface area contributed by atoms with Gasteiger partial charge in [0.05, 0.1) is 17.1 Å². The SMILES string of the molecule is CCn1c(C(C)NC(=O)C2CCN(c3ncccn3)CC2)nc2ccccc21. The number of aromatic nitrogens is 4. The molecule has 3 heterocycles. The van der Waals surface area contributed by atoms with Crippen molar-refractivity contribution in [1.82, 2.24) is 24.8 Å². The molecule has 3 aromatic rings. The molecule has 4 rings (SSSR count). The Bertz CT molecular complexity index is 946. The number of nitrogens with zero attached hydrogens (tertiary/aromatic N) is 5. The number of carbonyl (C=O) groups is 1. The first-order valence-electron chi connectivity index (χ1n) is 9.95. The van der Waals surface area contributed by atoms with Crippen LogP contribution in [0.25, 0.3) is 11.0 Å². The van der Waals surface area contributed by atoms with Crippen molar-refractivity contribution in [2.45, 2.75) is 39.3 Å². The summed E-state index contributed by atoms with van der Waals surface area (Å²) in [5.74, 6) is 1.77. The number of fused-ring (bicyclic) bond motifs is 1. The minimum Gasteiger partial charge on any atom is -0.346 e. The van der Waals surface area contributed by atoms with E-state index in [-0.39, 0.29) is 17.9 Å². The summed E-state index contributed by atoms with van der Waals surface area (Å²) < 4.78 is 2.18. The van der Waals surface area contributed by atoms with Crippen LogP contribution in [0.2, 0.25) is 0 Å². The molecule has 2 aromatic heterocycles. The Kier molecular flexibility index (Phi) is 5.23. The number of carbonyl (C=O) groups excluding carboxylic acids is 1. The van der Waals surface area contributed by atoms with E-state index in [1.807, 2.05) is 31.2 Å². The fourth-order valence-electron chi connectivity index (χ4n) is 3.95. The molecule has 0 aliphatic carbocycles. The zero-order valence-electron chi connectivity index (χ0n) is 16.4. The van der Waals surface area contributed by atoms with Crippen molar-refractivity contribution < 1.29 is 4.79 Å². The summed E-state index contributed by atoms with van der Waals surface area (Å²) in [5, 5.41) is 3.18. The number of hydrogen-bond donors (Lipinski definition) is 1. The highest BCUT2D eigenvalue weighted by Gasteiger charge is 2.28. The van der Waals surface area contributed by atoms with Crippen LogP contribution in [0.3, 0.4) is 0 Å². The van der Waals surface area contributed by atoms with E-state index in [4.69, 9.17) is 4.98 Å². The molecule has 28 heavy (non-hydrogen) atoms. The zero-order valence-corrected chi connectivity index (χ0v) is 16.4. The van der Waals surface area contributed by atoms with E-state index in [0.717, 1.165) is 55.3 Å². The van der Waals surface area contributed by atoms with Crippen LogP contribution < -0.4 is 10.2 Å². The Morgan fingerprint density at radius 3 is 2.61 bits per heavy atom. The van der Waals surface area contributed by atoms with Crippen molar-refractivity contribution in [2.24, 2.45) is 5.92 Å². The molecule has 7 heteroatoms. The van der Waals surface area contributed by atoms with E-state index in [0.29, 0.717) is 0 Å². The van der Waals surface area contributed by atoms with Crippen molar-refractivity contribution >= 4 is 22.9 Å². The van der Waals surface area contributed by atoms with Crippen LogP contribution in [0.5, 0.6) is 0 Å². The highest BCUT2D eigenvalue weighted by molar-refractivity contribution is 5.80. The van der Waals surface area contributed by atoms with Gasteiger partial charge in [-0.15, -0.1) is 0 Å². The summed E-state index contributed by atoms with van der Waals surface area (Å²) in [4.78, 5) is 28.3. The number of piperidine rings is 1. The Morgan fingerprint density at radius 2 is 1.89 bits per heavy atom. The molecule has 1 N–H and O–H groups in total. The molecular weight excluding hydrogens is 352 g/mol. The minimum absolute atomic E-state index is 0.0156. The van der Waals surface area contributed by atoms with E-state index in [1.165, 1.54) is 0 Å². The highest BCUT2D eigenvalue weighted by atomic mass is 16.2. The Hall–Kier alpha value is -2.96. The van der Waals surface area contributed by atoms with Crippen molar-refractivity contribution in [3.8, 4) is 0 Å². The van der Waals surface area contributed by atoms with Gasteiger partial charge in [-0.2, -0.15) is 0 Å². The van der Waals surface area contributed by atoms with Crippen molar-refractivity contribution in [1.29, 1.82) is 0 Å². The molecule has 1 atom stereocenters. The second-order valence-corrected chi connectivity index (χ2v) is 7.24. The first-order chi connectivity index (χ1) is 13.7. The number of anilines is 1. The van der Waals surface area contributed by atoms with Gasteiger partial charge in [0.25, 0.3) is 0 Å². The fraction of sp³-hybridized carbons (Fsp3) is 0.429. The highest BCUT2D eigenvalue weighted by Crippen LogP contribution is 2.24. The van der Waals surface area contributed by atoms with Gasteiger partial charge in [0.2, 0.25) is 11.9 Å². The molecule has 1 fully saturated rings. The molecular formula is C21H26N6O. The smallest absolute Gasteiger partial charge is 0.225 e. The van der Waals surface area contributed by atoms with Crippen LogP contribution in [0.4, 0.5) is 5.95 Å². The molecule has 0 bridgehead atoms. The monoisotopic (exact) mass is 378 g/mol. The van der Waals surface area contributed by atoms with Crippen molar-refractivity contribution in [3.05, 3.63) is 48.5 Å². The number of hydrogen-bond acceptors (Lipinski definition) is 5. The van der Waals surface area contributed by atoms with Gasteiger partial charge in [0, 0.05) is 37.9 Å². The number of nitrogens with one attached hydrogen (secondary N) is 1. The predicted octanol–water partition coefficient (Wildman–Crippen LogP) is 2.94. The summed E-state index contributed by atoms with van der Waals surface area (Å²) in [6, 6.07) is 9.79. The third-order valence-electron chi connectivity index (χ3n) is 5.45. The minimum atomic E-state index is -0.129. The van der Waals surface area contributed by atoms with Gasteiger partial charge in [-0.1, -0.05) is 12.1 Å². The lowest BCUT2D eigenvalue weighted by Crippen LogP contribution is -2.42. The molecule has 0 spiro atoms. The summed E-state index contributed by atoms with van der Waals surface area (Å²) in [7, 11) is 0. The maximum absolute atomic E-state index is 12.8. The summed E-state index contributed by atoms with van der Waals surface area (Å²) in [6.07, 6.45) is 5.12. The third-order valence-corrected chi connectivity index (χ3v) is 5.45. The molecule has 1 saturated heterocycles. The van der Waals surface area contributed by atoms with Crippen LogP contribution in [-0.4, -0.2) is 38.5 Å². The van der Waals surface area contributed by atoms with Crippen LogP contribution in [-0.2, 0) is 11.3 Å². The van der Waals surface area contributed by atoms with Gasteiger partial charge in [-0.05, 0) is 44.9 Å². The number of rotatable bonds is 5. The molecule has 0 radical (unpaired) electrons. The molecule has 1 unspecified atom stereocenters. The normalized spacial score (nSPS) is 16.3. The number of amides is 1. The molecule has 0 saturated carbocycles. The standard InChI is InChI=1S/C21H26N6O/c1-3-27-18-8-5-4-7-17(18)25-19(27)15(2)24-20(28)16-9-13-26(14-10-16)21-22-11-6-12-23-21/h4-8,11-12,15-16H,3,9-10,13-14H2,1-2H3,(H,24,28). The Balaban J connectivity index is 1.40.